The van der Waals surface area contributed by atoms with Crippen molar-refractivity contribution in [3.05, 3.63) is 23.8 Å². The zero-order valence-corrected chi connectivity index (χ0v) is 21.3. The Balaban J connectivity index is 1.26. The average molecular weight is 495 g/mol. The van der Waals surface area contributed by atoms with Crippen molar-refractivity contribution in [1.82, 2.24) is 10.2 Å². The highest BCUT2D eigenvalue weighted by atomic mass is 16.6. The summed E-state index contributed by atoms with van der Waals surface area (Å²) >= 11 is 0. The number of nitrogens with one attached hydrogen (secondary N) is 1. The van der Waals surface area contributed by atoms with Gasteiger partial charge in [0.2, 0.25) is 17.7 Å². The summed E-state index contributed by atoms with van der Waals surface area (Å²) in [7, 11) is 0. The number of carbonyl (C=O) groups is 4. The summed E-state index contributed by atoms with van der Waals surface area (Å²) in [4.78, 5) is 56.6. The van der Waals surface area contributed by atoms with Crippen molar-refractivity contribution in [1.29, 1.82) is 0 Å². The molecule has 4 heterocycles. The molecular formula is C27H34N4O5. The Morgan fingerprint density at radius 3 is 2.44 bits per heavy atom. The van der Waals surface area contributed by atoms with Gasteiger partial charge in [0.1, 0.15) is 11.6 Å². The predicted octanol–water partition coefficient (Wildman–Crippen LogP) is 2.71. The topological polar surface area (TPSA) is 99.3 Å². The van der Waals surface area contributed by atoms with Crippen LogP contribution in [0.2, 0.25) is 0 Å². The molecule has 4 amide bonds. The number of carbonyl (C=O) groups excluding carboxylic acids is 4. The minimum absolute atomic E-state index is 0.00896. The first-order valence-electron chi connectivity index (χ1n) is 13.1. The highest BCUT2D eigenvalue weighted by Crippen LogP contribution is 2.61. The van der Waals surface area contributed by atoms with Crippen LogP contribution in [-0.2, 0) is 24.5 Å². The van der Waals surface area contributed by atoms with Gasteiger partial charge in [-0.25, -0.2) is 4.79 Å². The fraction of sp³-hybridized carbons (Fsp3) is 0.630. The van der Waals surface area contributed by atoms with Gasteiger partial charge in [-0.1, -0.05) is 6.07 Å². The summed E-state index contributed by atoms with van der Waals surface area (Å²) in [6, 6.07) is 5.36. The van der Waals surface area contributed by atoms with Crippen molar-refractivity contribution < 1.29 is 23.9 Å². The molecule has 2 unspecified atom stereocenters. The summed E-state index contributed by atoms with van der Waals surface area (Å²) < 4.78 is 5.61. The fourth-order valence-corrected chi connectivity index (χ4v) is 6.65. The van der Waals surface area contributed by atoms with Gasteiger partial charge < -0.3 is 14.5 Å². The fourth-order valence-electron chi connectivity index (χ4n) is 6.65. The second kappa shape index (κ2) is 7.70. The third-order valence-electron chi connectivity index (χ3n) is 8.53. The van der Waals surface area contributed by atoms with E-state index in [9.17, 15) is 19.2 Å². The molecule has 6 rings (SSSR count). The lowest BCUT2D eigenvalue weighted by atomic mass is 9.86. The number of hydrogen-bond donors (Lipinski definition) is 1. The number of likely N-dealkylation sites (tertiary alicyclic amines) is 1. The van der Waals surface area contributed by atoms with E-state index in [-0.39, 0.29) is 35.7 Å². The maximum atomic E-state index is 13.7. The minimum Gasteiger partial charge on any atom is -0.444 e. The molecule has 3 saturated heterocycles. The van der Waals surface area contributed by atoms with Gasteiger partial charge in [0, 0.05) is 49.3 Å². The third-order valence-corrected chi connectivity index (χ3v) is 8.53. The van der Waals surface area contributed by atoms with Crippen molar-refractivity contribution in [2.45, 2.75) is 76.4 Å². The number of piperidine rings is 1. The van der Waals surface area contributed by atoms with Gasteiger partial charge in [0.15, 0.2) is 0 Å². The second-order valence-corrected chi connectivity index (χ2v) is 12.2. The summed E-state index contributed by atoms with van der Waals surface area (Å²) in [6.07, 6.45) is 3.82. The zero-order chi connectivity index (χ0) is 25.5. The first-order chi connectivity index (χ1) is 17.0. The van der Waals surface area contributed by atoms with Crippen LogP contribution >= 0.6 is 0 Å². The molecule has 0 aromatic heterocycles. The van der Waals surface area contributed by atoms with Crippen LogP contribution in [0.3, 0.4) is 0 Å². The van der Waals surface area contributed by atoms with E-state index in [1.54, 1.807) is 4.90 Å². The number of nitrogens with zero attached hydrogens (tertiary/aromatic N) is 3. The van der Waals surface area contributed by atoms with Crippen LogP contribution < -0.4 is 15.1 Å². The van der Waals surface area contributed by atoms with Gasteiger partial charge in [-0.3, -0.25) is 24.6 Å². The Kier molecular flexibility index (Phi) is 4.98. The Morgan fingerprint density at radius 2 is 1.75 bits per heavy atom. The van der Waals surface area contributed by atoms with E-state index in [1.807, 2.05) is 37.8 Å². The standard InChI is InChI=1S/C27H34N4O5/c1-25(2,3)36-24(35)30-14-12-26(16-30)11-13-29(15-26)17-5-4-6-18-21(17)27(9-10-27)23(34)31(18)19-7-8-20(32)28-22(19)33/h4-6,19H,7-16H2,1-3H3,(H,28,32,33). The Morgan fingerprint density at radius 1 is 1.03 bits per heavy atom. The molecule has 36 heavy (non-hydrogen) atoms. The van der Waals surface area contributed by atoms with Gasteiger partial charge in [-0.05, 0) is 65.0 Å². The smallest absolute Gasteiger partial charge is 0.410 e. The third kappa shape index (κ3) is 3.58. The van der Waals surface area contributed by atoms with Crippen molar-refractivity contribution in [2.24, 2.45) is 5.41 Å². The Labute approximate surface area is 211 Å². The molecule has 1 aliphatic carbocycles. The number of anilines is 2. The van der Waals surface area contributed by atoms with E-state index < -0.39 is 17.1 Å². The number of imide groups is 1. The number of rotatable bonds is 2. The molecule has 192 valence electrons. The molecular weight excluding hydrogens is 460 g/mol. The van der Waals surface area contributed by atoms with Crippen molar-refractivity contribution in [2.75, 3.05) is 36.0 Å². The molecule has 2 spiro atoms. The lowest BCUT2D eigenvalue weighted by Crippen LogP contribution is -2.54. The lowest BCUT2D eigenvalue weighted by Gasteiger charge is -2.31. The quantitative estimate of drug-likeness (QED) is 0.635. The van der Waals surface area contributed by atoms with Crippen LogP contribution in [0.15, 0.2) is 18.2 Å². The van der Waals surface area contributed by atoms with Gasteiger partial charge in [0.25, 0.3) is 0 Å². The maximum Gasteiger partial charge on any atom is 0.410 e. The Hall–Kier alpha value is -3.10. The molecule has 4 fully saturated rings. The van der Waals surface area contributed by atoms with E-state index in [4.69, 9.17) is 4.74 Å². The van der Waals surface area contributed by atoms with Gasteiger partial charge >= 0.3 is 6.09 Å². The van der Waals surface area contributed by atoms with E-state index in [2.05, 4.69) is 16.3 Å². The van der Waals surface area contributed by atoms with Gasteiger partial charge in [0.05, 0.1) is 11.1 Å². The molecule has 2 atom stereocenters. The Bertz CT molecular complexity index is 1170. The highest BCUT2D eigenvalue weighted by molar-refractivity contribution is 6.16. The van der Waals surface area contributed by atoms with Crippen LogP contribution in [0.4, 0.5) is 16.2 Å². The molecule has 9 heteroatoms. The normalized spacial score (nSPS) is 28.8. The summed E-state index contributed by atoms with van der Waals surface area (Å²) in [6.45, 7) is 8.72. The number of fused-ring (bicyclic) bond motifs is 2. The van der Waals surface area contributed by atoms with Gasteiger partial charge in [-0.15, -0.1) is 0 Å². The molecule has 1 saturated carbocycles. The van der Waals surface area contributed by atoms with E-state index in [0.717, 1.165) is 55.7 Å². The number of hydrogen-bond acceptors (Lipinski definition) is 6. The average Bonchev–Trinajstić information content (AvgIpc) is 3.23. The molecule has 1 aromatic carbocycles. The molecule has 9 nitrogen and oxygen atoms in total. The molecule has 4 aliphatic heterocycles. The van der Waals surface area contributed by atoms with Crippen LogP contribution in [0.25, 0.3) is 0 Å². The molecule has 5 aliphatic rings. The van der Waals surface area contributed by atoms with Crippen molar-refractivity contribution >= 4 is 35.2 Å². The largest absolute Gasteiger partial charge is 0.444 e. The number of benzene rings is 1. The predicted molar refractivity (Wildman–Crippen MR) is 133 cm³/mol. The van der Waals surface area contributed by atoms with E-state index >= 15 is 0 Å². The molecule has 0 bridgehead atoms. The van der Waals surface area contributed by atoms with Crippen molar-refractivity contribution in [3.63, 3.8) is 0 Å². The van der Waals surface area contributed by atoms with Crippen LogP contribution in [0.1, 0.15) is 64.9 Å². The van der Waals surface area contributed by atoms with E-state index in [1.165, 1.54) is 0 Å². The summed E-state index contributed by atoms with van der Waals surface area (Å²) in [5, 5.41) is 2.41. The highest BCUT2D eigenvalue weighted by Gasteiger charge is 2.62. The first kappa shape index (κ1) is 23.3. The minimum atomic E-state index is -0.647. The summed E-state index contributed by atoms with van der Waals surface area (Å²) in [5.41, 5.74) is 1.87. The van der Waals surface area contributed by atoms with Crippen LogP contribution in [0.5, 0.6) is 0 Å². The molecule has 1 aromatic rings. The summed E-state index contributed by atoms with van der Waals surface area (Å²) in [5.74, 6) is -0.676. The lowest BCUT2D eigenvalue weighted by molar-refractivity contribution is -0.135. The maximum absolute atomic E-state index is 13.7. The molecule has 0 radical (unpaired) electrons. The number of ether oxygens (including phenoxy) is 1. The van der Waals surface area contributed by atoms with Crippen LogP contribution in [-0.4, -0.2) is 66.5 Å². The van der Waals surface area contributed by atoms with E-state index in [0.29, 0.717) is 19.5 Å². The van der Waals surface area contributed by atoms with Crippen molar-refractivity contribution in [3.8, 4) is 0 Å². The SMILES string of the molecule is CC(C)(C)OC(=O)N1CCC2(CCN(c3cccc4c3C3(CC3)C(=O)N4C3CCC(=O)NC3=O)C2)C1. The van der Waals surface area contributed by atoms with Gasteiger partial charge in [-0.2, -0.15) is 0 Å². The molecule has 1 N–H and O–H groups in total. The number of amides is 4. The zero-order valence-electron chi connectivity index (χ0n) is 21.3. The second-order valence-electron chi connectivity index (χ2n) is 12.2. The monoisotopic (exact) mass is 494 g/mol. The first-order valence-corrected chi connectivity index (χ1v) is 13.1. The van der Waals surface area contributed by atoms with Crippen LogP contribution in [0, 0.1) is 5.41 Å².